The molecule has 0 spiro atoms. The van der Waals surface area contributed by atoms with Crippen molar-refractivity contribution < 1.29 is 9.84 Å². The Bertz CT molecular complexity index is 358. The second-order valence-electron chi connectivity index (χ2n) is 4.57. The van der Waals surface area contributed by atoms with Gasteiger partial charge in [-0.15, -0.1) is 0 Å². The molecule has 0 unspecified atom stereocenters. The maximum Gasteiger partial charge on any atom is 0.133 e. The summed E-state index contributed by atoms with van der Waals surface area (Å²) in [6.07, 6.45) is 3.99. The molecular weight excluding hydrogens is 306 g/mol. The summed E-state index contributed by atoms with van der Waals surface area (Å²) >= 11 is 3.55. The van der Waals surface area contributed by atoms with Crippen molar-refractivity contribution >= 4 is 15.9 Å². The lowest BCUT2D eigenvalue weighted by molar-refractivity contribution is 0.265. The number of aliphatic hydroxyl groups excluding tert-OH is 1. The van der Waals surface area contributed by atoms with E-state index in [2.05, 4.69) is 40.3 Å². The first-order valence-corrected chi connectivity index (χ1v) is 7.80. The summed E-state index contributed by atoms with van der Waals surface area (Å²) in [6.45, 7) is 5.07. The molecule has 0 saturated heterocycles. The smallest absolute Gasteiger partial charge is 0.133 e. The van der Waals surface area contributed by atoms with Gasteiger partial charge < -0.3 is 15.2 Å². The van der Waals surface area contributed by atoms with Crippen molar-refractivity contribution in [1.29, 1.82) is 0 Å². The van der Waals surface area contributed by atoms with Gasteiger partial charge in [0.05, 0.1) is 11.1 Å². The summed E-state index contributed by atoms with van der Waals surface area (Å²) in [4.78, 5) is 0. The fourth-order valence-corrected chi connectivity index (χ4v) is 2.29. The van der Waals surface area contributed by atoms with Crippen LogP contribution in [0.2, 0.25) is 0 Å². The molecule has 1 rings (SSSR count). The van der Waals surface area contributed by atoms with Gasteiger partial charge in [0.25, 0.3) is 0 Å². The molecule has 0 aliphatic carbocycles. The second kappa shape index (κ2) is 10.2. The van der Waals surface area contributed by atoms with Crippen LogP contribution in [0, 0.1) is 0 Å². The molecule has 19 heavy (non-hydrogen) atoms. The van der Waals surface area contributed by atoms with E-state index >= 15 is 0 Å². The number of hydrogen-bond acceptors (Lipinski definition) is 3. The van der Waals surface area contributed by atoms with E-state index < -0.39 is 0 Å². The molecule has 1 aromatic carbocycles. The zero-order chi connectivity index (χ0) is 13.9. The van der Waals surface area contributed by atoms with Gasteiger partial charge in [0.2, 0.25) is 0 Å². The van der Waals surface area contributed by atoms with E-state index in [0.29, 0.717) is 6.61 Å². The Hall–Kier alpha value is -0.580. The molecule has 0 radical (unpaired) electrons. The summed E-state index contributed by atoms with van der Waals surface area (Å²) in [7, 11) is 0. The van der Waals surface area contributed by atoms with Gasteiger partial charge in [-0.3, -0.25) is 0 Å². The number of unbranched alkanes of at least 4 members (excludes halogenated alkanes) is 2. The average Bonchev–Trinajstić information content (AvgIpc) is 2.41. The van der Waals surface area contributed by atoms with E-state index in [1.165, 1.54) is 5.56 Å². The Labute approximate surface area is 124 Å². The summed E-state index contributed by atoms with van der Waals surface area (Å²) in [5.74, 6) is 0.892. The van der Waals surface area contributed by atoms with Crippen LogP contribution in [0.3, 0.4) is 0 Å². The van der Waals surface area contributed by atoms with Crippen LogP contribution in [0.1, 0.15) is 38.2 Å². The highest BCUT2D eigenvalue weighted by Gasteiger charge is 2.02. The Kier molecular flexibility index (Phi) is 8.88. The largest absolute Gasteiger partial charge is 0.492 e. The molecule has 4 heteroatoms. The molecule has 0 saturated carbocycles. The van der Waals surface area contributed by atoms with E-state index in [1.807, 2.05) is 6.07 Å². The highest BCUT2D eigenvalue weighted by Crippen LogP contribution is 2.26. The summed E-state index contributed by atoms with van der Waals surface area (Å²) in [5.41, 5.74) is 1.26. The first-order chi connectivity index (χ1) is 9.27. The van der Waals surface area contributed by atoms with Crippen molar-refractivity contribution in [2.75, 3.05) is 19.8 Å². The van der Waals surface area contributed by atoms with Gasteiger partial charge in [-0.1, -0.05) is 13.0 Å². The van der Waals surface area contributed by atoms with Gasteiger partial charge in [0, 0.05) is 13.2 Å². The Morgan fingerprint density at radius 3 is 2.79 bits per heavy atom. The third-order valence-electron chi connectivity index (χ3n) is 2.81. The molecular formula is C15H24BrNO2. The lowest BCUT2D eigenvalue weighted by Crippen LogP contribution is -2.13. The van der Waals surface area contributed by atoms with Crippen molar-refractivity contribution in [3.05, 3.63) is 28.2 Å². The van der Waals surface area contributed by atoms with Crippen LogP contribution in [-0.4, -0.2) is 24.9 Å². The SMILES string of the molecule is CCCNCc1ccc(OCCCCCO)c(Br)c1. The van der Waals surface area contributed by atoms with Crippen LogP contribution in [-0.2, 0) is 6.54 Å². The molecule has 2 N–H and O–H groups in total. The van der Waals surface area contributed by atoms with Crippen LogP contribution in [0.4, 0.5) is 0 Å². The zero-order valence-electron chi connectivity index (χ0n) is 11.6. The third kappa shape index (κ3) is 6.95. The van der Waals surface area contributed by atoms with E-state index in [4.69, 9.17) is 9.84 Å². The molecule has 0 heterocycles. The molecule has 0 amide bonds. The molecule has 1 aromatic rings. The minimum Gasteiger partial charge on any atom is -0.492 e. The van der Waals surface area contributed by atoms with Gasteiger partial charge >= 0.3 is 0 Å². The fourth-order valence-electron chi connectivity index (χ4n) is 1.75. The Morgan fingerprint density at radius 2 is 2.11 bits per heavy atom. The number of benzene rings is 1. The molecule has 0 fully saturated rings. The van der Waals surface area contributed by atoms with Crippen molar-refractivity contribution in [1.82, 2.24) is 5.32 Å². The first kappa shape index (κ1) is 16.5. The Morgan fingerprint density at radius 1 is 1.26 bits per heavy atom. The van der Waals surface area contributed by atoms with E-state index in [1.54, 1.807) is 0 Å². The average molecular weight is 330 g/mol. The van der Waals surface area contributed by atoms with Gasteiger partial charge in [-0.25, -0.2) is 0 Å². The van der Waals surface area contributed by atoms with Gasteiger partial charge in [0.1, 0.15) is 5.75 Å². The molecule has 0 aliphatic heterocycles. The third-order valence-corrected chi connectivity index (χ3v) is 3.43. The lowest BCUT2D eigenvalue weighted by Gasteiger charge is -2.10. The predicted molar refractivity (Wildman–Crippen MR) is 82.6 cm³/mol. The van der Waals surface area contributed by atoms with Crippen LogP contribution in [0.25, 0.3) is 0 Å². The van der Waals surface area contributed by atoms with E-state index in [-0.39, 0.29) is 6.61 Å². The number of nitrogens with one attached hydrogen (secondary N) is 1. The number of rotatable bonds is 10. The minimum atomic E-state index is 0.267. The maximum atomic E-state index is 8.69. The number of ether oxygens (including phenoxy) is 1. The second-order valence-corrected chi connectivity index (χ2v) is 5.43. The van der Waals surface area contributed by atoms with Gasteiger partial charge in [-0.05, 0) is 65.9 Å². The molecule has 0 atom stereocenters. The predicted octanol–water partition coefficient (Wildman–Crippen LogP) is 3.49. The van der Waals surface area contributed by atoms with E-state index in [0.717, 1.165) is 49.0 Å². The molecule has 3 nitrogen and oxygen atoms in total. The van der Waals surface area contributed by atoms with E-state index in [9.17, 15) is 0 Å². The number of halogens is 1. The standard InChI is InChI=1S/C15H24BrNO2/c1-2-8-17-12-13-6-7-15(14(16)11-13)19-10-5-3-4-9-18/h6-7,11,17-18H,2-5,8-10,12H2,1H3. The monoisotopic (exact) mass is 329 g/mol. The van der Waals surface area contributed by atoms with Crippen LogP contribution < -0.4 is 10.1 Å². The van der Waals surface area contributed by atoms with Crippen molar-refractivity contribution in [2.24, 2.45) is 0 Å². The molecule has 0 bridgehead atoms. The lowest BCUT2D eigenvalue weighted by atomic mass is 10.2. The van der Waals surface area contributed by atoms with Crippen molar-refractivity contribution in [3.8, 4) is 5.75 Å². The van der Waals surface area contributed by atoms with Gasteiger partial charge in [-0.2, -0.15) is 0 Å². The van der Waals surface area contributed by atoms with Crippen LogP contribution in [0.15, 0.2) is 22.7 Å². The number of hydrogen-bond donors (Lipinski definition) is 2. The van der Waals surface area contributed by atoms with Crippen molar-refractivity contribution in [3.63, 3.8) is 0 Å². The minimum absolute atomic E-state index is 0.267. The zero-order valence-corrected chi connectivity index (χ0v) is 13.2. The molecule has 0 aromatic heterocycles. The normalized spacial score (nSPS) is 10.7. The first-order valence-electron chi connectivity index (χ1n) is 7.00. The maximum absolute atomic E-state index is 8.69. The number of aliphatic hydroxyl groups is 1. The topological polar surface area (TPSA) is 41.5 Å². The van der Waals surface area contributed by atoms with Crippen LogP contribution >= 0.6 is 15.9 Å². The highest BCUT2D eigenvalue weighted by molar-refractivity contribution is 9.10. The molecule has 108 valence electrons. The van der Waals surface area contributed by atoms with Crippen LogP contribution in [0.5, 0.6) is 5.75 Å². The van der Waals surface area contributed by atoms with Gasteiger partial charge in [0.15, 0.2) is 0 Å². The summed E-state index contributed by atoms with van der Waals surface area (Å²) < 4.78 is 6.72. The van der Waals surface area contributed by atoms with Crippen molar-refractivity contribution in [2.45, 2.75) is 39.2 Å². The summed E-state index contributed by atoms with van der Waals surface area (Å²) in [5, 5.41) is 12.1. The Balaban J connectivity index is 2.34. The summed E-state index contributed by atoms with van der Waals surface area (Å²) in [6, 6.07) is 6.21. The fraction of sp³-hybridized carbons (Fsp3) is 0.600. The highest BCUT2D eigenvalue weighted by atomic mass is 79.9. The quantitative estimate of drug-likeness (QED) is 0.645. The molecule has 0 aliphatic rings.